The second kappa shape index (κ2) is 8.17. The predicted molar refractivity (Wildman–Crippen MR) is 111 cm³/mol. The molecule has 28 heavy (non-hydrogen) atoms. The third-order valence-electron chi connectivity index (χ3n) is 4.90. The highest BCUT2D eigenvalue weighted by Gasteiger charge is 2.21. The van der Waals surface area contributed by atoms with E-state index in [0.717, 1.165) is 49.2 Å². The van der Waals surface area contributed by atoms with E-state index in [1.54, 1.807) is 13.4 Å². The molecule has 1 fully saturated rings. The van der Waals surface area contributed by atoms with E-state index in [2.05, 4.69) is 32.8 Å². The molecule has 0 amide bonds. The lowest BCUT2D eigenvalue weighted by Crippen LogP contribution is -2.47. The van der Waals surface area contributed by atoms with Crippen LogP contribution < -0.4 is 19.3 Å². The summed E-state index contributed by atoms with van der Waals surface area (Å²) in [6.07, 6.45) is 1.56. The van der Waals surface area contributed by atoms with Gasteiger partial charge in [0.25, 0.3) is 0 Å². The van der Waals surface area contributed by atoms with Gasteiger partial charge in [0.2, 0.25) is 5.88 Å². The van der Waals surface area contributed by atoms with E-state index in [9.17, 15) is 0 Å². The summed E-state index contributed by atoms with van der Waals surface area (Å²) >= 11 is 0. The summed E-state index contributed by atoms with van der Waals surface area (Å²) in [7, 11) is 1.71. The van der Waals surface area contributed by atoms with Crippen LogP contribution in [0.4, 0.5) is 11.5 Å². The van der Waals surface area contributed by atoms with Gasteiger partial charge in [0.15, 0.2) is 0 Å². The number of piperazine rings is 1. The van der Waals surface area contributed by atoms with Gasteiger partial charge in [-0.3, -0.25) is 0 Å². The van der Waals surface area contributed by atoms with Gasteiger partial charge < -0.3 is 19.3 Å². The minimum atomic E-state index is 0.556. The Morgan fingerprint density at radius 1 is 0.857 bits per heavy atom. The molecule has 3 aromatic rings. The van der Waals surface area contributed by atoms with Gasteiger partial charge >= 0.3 is 0 Å². The predicted octanol–water partition coefficient (Wildman–Crippen LogP) is 3.91. The van der Waals surface area contributed by atoms with Gasteiger partial charge in [-0.05, 0) is 31.2 Å². The summed E-state index contributed by atoms with van der Waals surface area (Å²) < 4.78 is 11.4. The molecule has 2 aromatic carbocycles. The third-order valence-corrected chi connectivity index (χ3v) is 4.90. The van der Waals surface area contributed by atoms with Gasteiger partial charge in [0.1, 0.15) is 23.6 Å². The average molecular weight is 376 g/mol. The minimum absolute atomic E-state index is 0.556. The fraction of sp³-hybridized carbons (Fsp3) is 0.273. The number of para-hydroxylation sites is 2. The van der Waals surface area contributed by atoms with E-state index in [1.807, 2.05) is 48.5 Å². The van der Waals surface area contributed by atoms with Gasteiger partial charge in [-0.2, -0.15) is 0 Å². The van der Waals surface area contributed by atoms with Crippen molar-refractivity contribution in [1.82, 2.24) is 9.97 Å². The van der Waals surface area contributed by atoms with Crippen molar-refractivity contribution in [3.05, 3.63) is 66.5 Å². The van der Waals surface area contributed by atoms with Crippen LogP contribution in [-0.4, -0.2) is 43.3 Å². The molecule has 1 aliphatic heterocycles. The number of aromatic nitrogens is 2. The zero-order valence-corrected chi connectivity index (χ0v) is 16.2. The molecule has 0 spiro atoms. The first kappa shape index (κ1) is 18.1. The van der Waals surface area contributed by atoms with Gasteiger partial charge in [-0.25, -0.2) is 9.97 Å². The van der Waals surface area contributed by atoms with Crippen molar-refractivity contribution in [2.24, 2.45) is 0 Å². The average Bonchev–Trinajstić information content (AvgIpc) is 2.76. The molecule has 1 aliphatic rings. The molecule has 6 nitrogen and oxygen atoms in total. The summed E-state index contributed by atoms with van der Waals surface area (Å²) in [5.41, 5.74) is 2.33. The van der Waals surface area contributed by atoms with Crippen molar-refractivity contribution < 1.29 is 9.47 Å². The smallest absolute Gasteiger partial charge is 0.224 e. The Hall–Kier alpha value is -3.28. The topological polar surface area (TPSA) is 50.7 Å². The molecule has 2 heterocycles. The number of methoxy groups -OCH3 is 1. The molecule has 0 aliphatic carbocycles. The number of aryl methyl sites for hydroxylation is 1. The third kappa shape index (κ3) is 4.01. The molecular formula is C22H24N4O2. The van der Waals surface area contributed by atoms with E-state index in [0.29, 0.717) is 5.88 Å². The van der Waals surface area contributed by atoms with E-state index >= 15 is 0 Å². The number of nitrogens with zero attached hydrogens (tertiary/aromatic N) is 4. The Balaban J connectivity index is 1.42. The Morgan fingerprint density at radius 2 is 1.57 bits per heavy atom. The summed E-state index contributed by atoms with van der Waals surface area (Å²) in [5, 5.41) is 0. The van der Waals surface area contributed by atoms with Crippen molar-refractivity contribution in [3.8, 4) is 17.4 Å². The van der Waals surface area contributed by atoms with Crippen molar-refractivity contribution in [3.63, 3.8) is 0 Å². The van der Waals surface area contributed by atoms with Crippen LogP contribution in [0.2, 0.25) is 0 Å². The second-order valence-corrected chi connectivity index (χ2v) is 6.78. The standard InChI is InChI=1S/C22H24N4O2/c1-17-7-9-18(10-8-17)28-22-15-21(23-16-24-22)26-13-11-25(12-14-26)19-5-3-4-6-20(19)27-2/h3-10,15-16H,11-14H2,1-2H3. The van der Waals surface area contributed by atoms with Crippen molar-refractivity contribution in [2.45, 2.75) is 6.92 Å². The van der Waals surface area contributed by atoms with Crippen molar-refractivity contribution in [1.29, 1.82) is 0 Å². The summed E-state index contributed by atoms with van der Waals surface area (Å²) in [5.74, 6) is 3.13. The SMILES string of the molecule is COc1ccccc1N1CCN(c2cc(Oc3ccc(C)cc3)ncn2)CC1. The molecule has 1 saturated heterocycles. The summed E-state index contributed by atoms with van der Waals surface area (Å²) in [4.78, 5) is 13.3. The fourth-order valence-corrected chi connectivity index (χ4v) is 3.35. The van der Waals surface area contributed by atoms with Crippen LogP contribution in [0.15, 0.2) is 60.9 Å². The van der Waals surface area contributed by atoms with Crippen LogP contribution in [0.25, 0.3) is 0 Å². The molecule has 0 atom stereocenters. The van der Waals surface area contributed by atoms with Gasteiger partial charge in [-0.15, -0.1) is 0 Å². The van der Waals surface area contributed by atoms with Crippen LogP contribution in [0.1, 0.15) is 5.56 Å². The summed E-state index contributed by atoms with van der Waals surface area (Å²) in [6, 6.07) is 18.0. The molecule has 4 rings (SSSR count). The minimum Gasteiger partial charge on any atom is -0.495 e. The Morgan fingerprint density at radius 3 is 2.32 bits per heavy atom. The first-order valence-corrected chi connectivity index (χ1v) is 9.42. The first-order valence-electron chi connectivity index (χ1n) is 9.42. The van der Waals surface area contributed by atoms with Crippen molar-refractivity contribution >= 4 is 11.5 Å². The largest absolute Gasteiger partial charge is 0.495 e. The molecule has 0 unspecified atom stereocenters. The monoisotopic (exact) mass is 376 g/mol. The summed E-state index contributed by atoms with van der Waals surface area (Å²) in [6.45, 7) is 5.60. The number of hydrogen-bond donors (Lipinski definition) is 0. The maximum absolute atomic E-state index is 5.88. The lowest BCUT2D eigenvalue weighted by atomic mass is 10.2. The van der Waals surface area contributed by atoms with E-state index in [1.165, 1.54) is 5.56 Å². The van der Waals surface area contributed by atoms with Gasteiger partial charge in [-0.1, -0.05) is 29.8 Å². The molecule has 0 N–H and O–H groups in total. The van der Waals surface area contributed by atoms with E-state index in [4.69, 9.17) is 9.47 Å². The Kier molecular flexibility index (Phi) is 5.28. The number of ether oxygens (including phenoxy) is 2. The molecule has 144 valence electrons. The number of benzene rings is 2. The number of rotatable bonds is 5. The molecule has 0 saturated carbocycles. The van der Waals surface area contributed by atoms with Gasteiger partial charge in [0.05, 0.1) is 12.8 Å². The fourth-order valence-electron chi connectivity index (χ4n) is 3.35. The normalized spacial score (nSPS) is 14.1. The Labute approximate surface area is 165 Å². The zero-order chi connectivity index (χ0) is 19.3. The van der Waals surface area contributed by atoms with E-state index < -0.39 is 0 Å². The lowest BCUT2D eigenvalue weighted by molar-refractivity contribution is 0.413. The van der Waals surface area contributed by atoms with Crippen LogP contribution in [0, 0.1) is 6.92 Å². The lowest BCUT2D eigenvalue weighted by Gasteiger charge is -2.37. The highest BCUT2D eigenvalue weighted by molar-refractivity contribution is 5.59. The van der Waals surface area contributed by atoms with Crippen molar-refractivity contribution in [2.75, 3.05) is 43.1 Å². The van der Waals surface area contributed by atoms with E-state index in [-0.39, 0.29) is 0 Å². The molecule has 0 bridgehead atoms. The van der Waals surface area contributed by atoms with Crippen LogP contribution in [0.3, 0.4) is 0 Å². The number of hydrogen-bond acceptors (Lipinski definition) is 6. The highest BCUT2D eigenvalue weighted by Crippen LogP contribution is 2.29. The maximum atomic E-state index is 5.88. The molecule has 0 radical (unpaired) electrons. The molecule has 1 aromatic heterocycles. The molecule has 6 heteroatoms. The van der Waals surface area contributed by atoms with Gasteiger partial charge in [0, 0.05) is 32.2 Å². The van der Waals surface area contributed by atoms with Crippen LogP contribution >= 0.6 is 0 Å². The highest BCUT2D eigenvalue weighted by atomic mass is 16.5. The number of anilines is 2. The quantitative estimate of drug-likeness (QED) is 0.673. The van der Waals surface area contributed by atoms with Crippen LogP contribution in [-0.2, 0) is 0 Å². The maximum Gasteiger partial charge on any atom is 0.224 e. The Bertz CT molecular complexity index is 922. The molecular weight excluding hydrogens is 352 g/mol. The van der Waals surface area contributed by atoms with Crippen LogP contribution in [0.5, 0.6) is 17.4 Å². The second-order valence-electron chi connectivity index (χ2n) is 6.78. The zero-order valence-electron chi connectivity index (χ0n) is 16.2. The first-order chi connectivity index (χ1) is 13.7.